The zero-order chi connectivity index (χ0) is 29.2. The second-order valence-electron chi connectivity index (χ2n) is 11.3. The Morgan fingerprint density at radius 2 is 1.85 bits per heavy atom. The van der Waals surface area contributed by atoms with E-state index in [1.165, 1.54) is 18.3 Å². The van der Waals surface area contributed by atoms with Crippen LogP contribution in [0.2, 0.25) is 0 Å². The van der Waals surface area contributed by atoms with Crippen molar-refractivity contribution in [3.05, 3.63) is 58.9 Å². The van der Waals surface area contributed by atoms with Gasteiger partial charge in [0.1, 0.15) is 0 Å². The largest absolute Gasteiger partial charge is 0.394 e. The van der Waals surface area contributed by atoms with E-state index in [0.29, 0.717) is 30.6 Å². The topological polar surface area (TPSA) is 99.6 Å². The molecule has 1 aromatic heterocycles. The van der Waals surface area contributed by atoms with Crippen molar-refractivity contribution >= 4 is 15.7 Å². The van der Waals surface area contributed by atoms with Gasteiger partial charge in [-0.15, -0.1) is 0 Å². The Hall–Kier alpha value is -2.50. The lowest BCUT2D eigenvalue weighted by Crippen LogP contribution is -2.34. The van der Waals surface area contributed by atoms with Gasteiger partial charge in [0.05, 0.1) is 34.9 Å². The maximum absolute atomic E-state index is 13.1. The van der Waals surface area contributed by atoms with Gasteiger partial charge in [-0.25, -0.2) is 8.42 Å². The first-order valence-electron chi connectivity index (χ1n) is 13.9. The molecule has 11 heteroatoms. The highest BCUT2D eigenvalue weighted by Crippen LogP contribution is 2.43. The number of halogens is 3. The Balaban J connectivity index is 1.44. The molecule has 1 saturated carbocycles. The van der Waals surface area contributed by atoms with Crippen LogP contribution in [0.15, 0.2) is 41.4 Å². The first-order valence-corrected chi connectivity index (χ1v) is 15.5. The third-order valence-electron chi connectivity index (χ3n) is 8.27. The van der Waals surface area contributed by atoms with E-state index >= 15 is 0 Å². The van der Waals surface area contributed by atoms with E-state index in [9.17, 15) is 31.5 Å². The number of hydrogen-bond donors (Lipinski definition) is 2. The Morgan fingerprint density at radius 1 is 1.15 bits per heavy atom. The number of amides is 1. The first-order chi connectivity index (χ1) is 18.8. The Labute approximate surface area is 234 Å². The normalized spacial score (nSPS) is 22.8. The predicted octanol–water partition coefficient (Wildman–Crippen LogP) is 5.22. The van der Waals surface area contributed by atoms with Gasteiger partial charge in [0.25, 0.3) is 5.91 Å². The molecule has 0 radical (unpaired) electrons. The summed E-state index contributed by atoms with van der Waals surface area (Å²) < 4.78 is 63.4. The first kappa shape index (κ1) is 30.5. The molecule has 1 aliphatic heterocycles. The van der Waals surface area contributed by atoms with Crippen LogP contribution in [-0.4, -0.2) is 54.4 Å². The van der Waals surface area contributed by atoms with E-state index in [2.05, 4.69) is 29.0 Å². The van der Waals surface area contributed by atoms with Crippen molar-refractivity contribution < 1.29 is 31.5 Å². The molecule has 2 aromatic rings. The molecule has 1 fully saturated rings. The minimum Gasteiger partial charge on any atom is -0.394 e. The maximum atomic E-state index is 13.1. The fraction of sp³-hybridized carbons (Fsp3) is 0.586. The second-order valence-corrected chi connectivity index (χ2v) is 13.6. The van der Waals surface area contributed by atoms with Gasteiger partial charge in [-0.1, -0.05) is 26.8 Å². The minimum atomic E-state index is -4.11. The molecule has 1 amide bonds. The van der Waals surface area contributed by atoms with Crippen LogP contribution in [0.3, 0.4) is 0 Å². The van der Waals surface area contributed by atoms with Crippen molar-refractivity contribution in [2.24, 2.45) is 17.8 Å². The molecule has 0 bridgehead atoms. The smallest absolute Gasteiger partial charge is 0.391 e. The molecule has 1 unspecified atom stereocenters. The van der Waals surface area contributed by atoms with Crippen LogP contribution in [0.4, 0.5) is 13.2 Å². The summed E-state index contributed by atoms with van der Waals surface area (Å²) in [6.45, 7) is 6.74. The van der Waals surface area contributed by atoms with E-state index < -0.39 is 34.6 Å². The fourth-order valence-electron chi connectivity index (χ4n) is 6.05. The third kappa shape index (κ3) is 6.69. The van der Waals surface area contributed by atoms with Crippen LogP contribution in [-0.2, 0) is 16.4 Å². The van der Waals surface area contributed by atoms with Crippen molar-refractivity contribution in [2.75, 3.05) is 18.9 Å². The molecule has 2 atom stereocenters. The number of carbonyl (C=O) groups is 1. The molecule has 4 rings (SSSR count). The molecule has 0 saturated heterocycles. The fourth-order valence-corrected chi connectivity index (χ4v) is 6.87. The molecule has 220 valence electrons. The maximum Gasteiger partial charge on any atom is 0.391 e. The molecule has 0 spiro atoms. The lowest BCUT2D eigenvalue weighted by molar-refractivity contribution is -0.184. The number of nitrogens with one attached hydrogen (secondary N) is 1. The number of pyridine rings is 1. The van der Waals surface area contributed by atoms with Crippen LogP contribution in [0.25, 0.3) is 0 Å². The van der Waals surface area contributed by atoms with E-state index in [1.54, 1.807) is 13.0 Å². The third-order valence-corrected chi connectivity index (χ3v) is 9.99. The van der Waals surface area contributed by atoms with E-state index in [4.69, 9.17) is 0 Å². The number of fused-ring (bicyclic) bond motifs is 1. The van der Waals surface area contributed by atoms with Crippen molar-refractivity contribution in [1.29, 1.82) is 0 Å². The number of hydrogen-bond acceptors (Lipinski definition) is 6. The summed E-state index contributed by atoms with van der Waals surface area (Å²) in [7, 11) is -3.41. The highest BCUT2D eigenvalue weighted by molar-refractivity contribution is 7.91. The number of carbonyl (C=O) groups excluding carboxylic acids is 1. The summed E-state index contributed by atoms with van der Waals surface area (Å²) in [6.07, 6.45) is -1.38. The van der Waals surface area contributed by atoms with Gasteiger partial charge in [0, 0.05) is 30.9 Å². The minimum absolute atomic E-state index is 0.0548. The lowest BCUT2D eigenvalue weighted by Gasteiger charge is -2.35. The number of aliphatic hydroxyl groups is 1. The van der Waals surface area contributed by atoms with Gasteiger partial charge in [-0.2, -0.15) is 13.2 Å². The SMILES string of the molecule is CCS(=O)(=O)c1ccc([C@H](CO)NC(=O)c2ccc3c(c2)CN(C[C@H]2CC[C@H](C(F)(F)F)CC2)C3C(C)C)nc1. The highest BCUT2D eigenvalue weighted by Gasteiger charge is 2.42. The van der Waals surface area contributed by atoms with Crippen molar-refractivity contribution in [1.82, 2.24) is 15.2 Å². The summed E-state index contributed by atoms with van der Waals surface area (Å²) in [6, 6.07) is 7.76. The highest BCUT2D eigenvalue weighted by atomic mass is 32.2. The average Bonchev–Trinajstić information content (AvgIpc) is 3.28. The molecule has 2 heterocycles. The van der Waals surface area contributed by atoms with Crippen LogP contribution >= 0.6 is 0 Å². The summed E-state index contributed by atoms with van der Waals surface area (Å²) in [5.74, 6) is -1.13. The summed E-state index contributed by atoms with van der Waals surface area (Å²) in [5, 5.41) is 12.7. The van der Waals surface area contributed by atoms with Gasteiger partial charge < -0.3 is 10.4 Å². The number of benzene rings is 1. The lowest BCUT2D eigenvalue weighted by atomic mass is 9.81. The van der Waals surface area contributed by atoms with Gasteiger partial charge in [-0.05, 0) is 72.9 Å². The number of alkyl halides is 3. The molecular weight excluding hydrogens is 543 g/mol. The second kappa shape index (κ2) is 12.2. The molecule has 1 aromatic carbocycles. The molecule has 1 aliphatic carbocycles. The number of nitrogens with zero attached hydrogens (tertiary/aromatic N) is 2. The summed E-state index contributed by atoms with van der Waals surface area (Å²) >= 11 is 0. The van der Waals surface area contributed by atoms with E-state index in [0.717, 1.165) is 17.7 Å². The molecule has 2 N–H and O–H groups in total. The zero-order valence-corrected chi connectivity index (χ0v) is 23.9. The Kier molecular flexibility index (Phi) is 9.26. The quantitative estimate of drug-likeness (QED) is 0.421. The summed E-state index contributed by atoms with van der Waals surface area (Å²) in [5.41, 5.74) is 2.92. The summed E-state index contributed by atoms with van der Waals surface area (Å²) in [4.78, 5) is 19.7. The van der Waals surface area contributed by atoms with Crippen molar-refractivity contribution in [3.8, 4) is 0 Å². The number of rotatable bonds is 9. The van der Waals surface area contributed by atoms with Crippen LogP contribution in [0, 0.1) is 17.8 Å². The monoisotopic (exact) mass is 581 g/mol. The molecule has 40 heavy (non-hydrogen) atoms. The zero-order valence-electron chi connectivity index (χ0n) is 23.1. The van der Waals surface area contributed by atoms with E-state index in [1.807, 2.05) is 12.1 Å². The number of aliphatic hydroxyl groups excluding tert-OH is 1. The molecule has 2 aliphatic rings. The van der Waals surface area contributed by atoms with Crippen LogP contribution in [0.5, 0.6) is 0 Å². The number of sulfone groups is 1. The van der Waals surface area contributed by atoms with Gasteiger partial charge >= 0.3 is 6.18 Å². The average molecular weight is 582 g/mol. The van der Waals surface area contributed by atoms with Gasteiger partial charge in [0.2, 0.25) is 0 Å². The van der Waals surface area contributed by atoms with Gasteiger partial charge in [-0.3, -0.25) is 14.7 Å². The van der Waals surface area contributed by atoms with E-state index in [-0.39, 0.29) is 47.3 Å². The Bertz CT molecular complexity index is 1290. The van der Waals surface area contributed by atoms with Crippen LogP contribution < -0.4 is 5.32 Å². The molecule has 7 nitrogen and oxygen atoms in total. The van der Waals surface area contributed by atoms with Crippen molar-refractivity contribution in [2.45, 2.75) is 76.2 Å². The standard InChI is InChI=1S/C29H38F3N3O4S/c1-4-40(38,39)23-10-12-25(33-14-23)26(17-36)34-28(37)20-7-11-24-21(13-20)16-35(27(24)18(2)3)15-19-5-8-22(9-6-19)29(30,31)32/h7,10-14,18-19,22,26-27,36H,4-6,8-9,15-17H2,1-3H3,(H,34,37)/t19-,22-,26-,27?/m0/s1. The Morgan fingerprint density at radius 3 is 2.40 bits per heavy atom. The van der Waals surface area contributed by atoms with Crippen molar-refractivity contribution in [3.63, 3.8) is 0 Å². The molecular formula is C29H38F3N3O4S. The van der Waals surface area contributed by atoms with Crippen LogP contribution in [0.1, 0.15) is 85.7 Å². The predicted molar refractivity (Wildman–Crippen MR) is 145 cm³/mol. The van der Waals surface area contributed by atoms with Gasteiger partial charge in [0.15, 0.2) is 9.84 Å². The number of aromatic nitrogens is 1.